The van der Waals surface area contributed by atoms with Gasteiger partial charge in [0.05, 0.1) is 15.9 Å². The largest absolute Gasteiger partial charge is 0.504 e. The second kappa shape index (κ2) is 5.41. The van der Waals surface area contributed by atoms with Crippen LogP contribution in [0.15, 0.2) is 40.9 Å². The fourth-order valence-electron chi connectivity index (χ4n) is 2.31. The van der Waals surface area contributed by atoms with Crippen LogP contribution in [0.1, 0.15) is 11.4 Å². The van der Waals surface area contributed by atoms with Gasteiger partial charge in [0, 0.05) is 7.05 Å². The number of aromatic nitrogens is 2. The van der Waals surface area contributed by atoms with Gasteiger partial charge in [-0.1, -0.05) is 24.3 Å². The molecule has 2 aromatic carbocycles. The highest BCUT2D eigenvalue weighted by Crippen LogP contribution is 2.32. The molecule has 0 aliphatic heterocycles. The molecule has 108 valence electrons. The molecule has 0 saturated heterocycles. The number of hydrogen-bond acceptors (Lipinski definition) is 3. The minimum Gasteiger partial charge on any atom is -0.504 e. The number of rotatable bonds is 3. The molecule has 5 heteroatoms. The van der Waals surface area contributed by atoms with Gasteiger partial charge in [0.25, 0.3) is 0 Å². The summed E-state index contributed by atoms with van der Waals surface area (Å²) in [6.45, 7) is 2.27. The summed E-state index contributed by atoms with van der Waals surface area (Å²) in [5.41, 5.74) is 1.85. The first-order chi connectivity index (χ1) is 10.1. The molecule has 3 aromatic rings. The van der Waals surface area contributed by atoms with Crippen LogP contribution in [0.2, 0.25) is 0 Å². The number of nitrogens with zero attached hydrogens (tertiary/aromatic N) is 2. The van der Waals surface area contributed by atoms with Crippen LogP contribution in [0.3, 0.4) is 0 Å². The van der Waals surface area contributed by atoms with Crippen LogP contribution in [0.5, 0.6) is 11.5 Å². The summed E-state index contributed by atoms with van der Waals surface area (Å²) in [5.74, 6) is 0.614. The summed E-state index contributed by atoms with van der Waals surface area (Å²) in [7, 11) is 1.87. The van der Waals surface area contributed by atoms with Gasteiger partial charge < -0.3 is 9.84 Å². The van der Waals surface area contributed by atoms with Crippen molar-refractivity contribution in [1.82, 2.24) is 9.78 Å². The number of fused-ring (bicyclic) bond motifs is 1. The molecule has 0 radical (unpaired) electrons. The van der Waals surface area contributed by atoms with Crippen LogP contribution in [-0.2, 0) is 13.7 Å². The Hall–Kier alpha value is -2.01. The van der Waals surface area contributed by atoms with Crippen molar-refractivity contribution in [1.29, 1.82) is 0 Å². The summed E-state index contributed by atoms with van der Waals surface area (Å²) < 4.78 is 8.48. The van der Waals surface area contributed by atoms with Crippen LogP contribution in [-0.4, -0.2) is 14.9 Å². The van der Waals surface area contributed by atoms with Gasteiger partial charge in [-0.2, -0.15) is 5.10 Å². The number of aromatic hydroxyl groups is 1. The molecule has 0 bridgehead atoms. The predicted octanol–water partition coefficient (Wildman–Crippen LogP) is 3.93. The van der Waals surface area contributed by atoms with E-state index in [9.17, 15) is 5.11 Å². The lowest BCUT2D eigenvalue weighted by molar-refractivity contribution is 0.279. The maximum atomic E-state index is 10.1. The van der Waals surface area contributed by atoms with E-state index in [0.29, 0.717) is 12.4 Å². The number of phenolic OH excluding ortho intramolecular Hbond substituents is 1. The zero-order valence-corrected chi connectivity index (χ0v) is 13.4. The van der Waals surface area contributed by atoms with E-state index in [-0.39, 0.29) is 5.75 Å². The number of aryl methyl sites for hydroxylation is 2. The van der Waals surface area contributed by atoms with Crippen LogP contribution in [0.25, 0.3) is 10.8 Å². The Morgan fingerprint density at radius 2 is 1.90 bits per heavy atom. The van der Waals surface area contributed by atoms with E-state index in [2.05, 4.69) is 21.0 Å². The molecule has 21 heavy (non-hydrogen) atoms. The van der Waals surface area contributed by atoms with Crippen molar-refractivity contribution < 1.29 is 9.84 Å². The van der Waals surface area contributed by atoms with E-state index >= 15 is 0 Å². The average molecular weight is 347 g/mol. The topological polar surface area (TPSA) is 47.3 Å². The third kappa shape index (κ3) is 2.61. The number of phenols is 1. The molecule has 0 saturated carbocycles. The van der Waals surface area contributed by atoms with E-state index in [1.165, 1.54) is 0 Å². The summed E-state index contributed by atoms with van der Waals surface area (Å²) in [5, 5.41) is 16.4. The van der Waals surface area contributed by atoms with Gasteiger partial charge in [-0.25, -0.2) is 0 Å². The van der Waals surface area contributed by atoms with Crippen LogP contribution in [0.4, 0.5) is 0 Å². The van der Waals surface area contributed by atoms with Crippen molar-refractivity contribution in [3.05, 3.63) is 52.3 Å². The third-order valence-electron chi connectivity index (χ3n) is 3.45. The van der Waals surface area contributed by atoms with Crippen molar-refractivity contribution in [3.8, 4) is 11.5 Å². The van der Waals surface area contributed by atoms with Gasteiger partial charge in [0.15, 0.2) is 11.5 Å². The molecule has 4 nitrogen and oxygen atoms in total. The maximum Gasteiger partial charge on any atom is 0.162 e. The first-order valence-corrected chi connectivity index (χ1v) is 7.38. The molecule has 1 N–H and O–H groups in total. The second-order valence-electron chi connectivity index (χ2n) is 4.93. The molecule has 1 heterocycles. The van der Waals surface area contributed by atoms with Gasteiger partial charge in [-0.05, 0) is 45.8 Å². The summed E-state index contributed by atoms with van der Waals surface area (Å²) in [6, 6.07) is 11.4. The minimum absolute atomic E-state index is 0.142. The normalized spacial score (nSPS) is 11.0. The summed E-state index contributed by atoms with van der Waals surface area (Å²) in [4.78, 5) is 0. The molecule has 0 unspecified atom stereocenters. The first-order valence-electron chi connectivity index (χ1n) is 6.59. The van der Waals surface area contributed by atoms with E-state index in [1.54, 1.807) is 10.7 Å². The third-order valence-corrected chi connectivity index (χ3v) is 4.48. The molecule has 0 aliphatic rings. The summed E-state index contributed by atoms with van der Waals surface area (Å²) >= 11 is 3.51. The highest BCUT2D eigenvalue weighted by Gasteiger charge is 2.12. The van der Waals surface area contributed by atoms with Crippen LogP contribution in [0, 0.1) is 6.92 Å². The van der Waals surface area contributed by atoms with Crippen LogP contribution >= 0.6 is 15.9 Å². The lowest BCUT2D eigenvalue weighted by Crippen LogP contribution is -2.03. The molecule has 1 aromatic heterocycles. The number of ether oxygens (including phenoxy) is 1. The monoisotopic (exact) mass is 346 g/mol. The lowest BCUT2D eigenvalue weighted by atomic mass is 10.1. The van der Waals surface area contributed by atoms with Gasteiger partial charge in [-0.15, -0.1) is 0 Å². The molecule has 0 atom stereocenters. The van der Waals surface area contributed by atoms with Crippen molar-refractivity contribution in [2.75, 3.05) is 0 Å². The Labute approximate surface area is 131 Å². The highest BCUT2D eigenvalue weighted by molar-refractivity contribution is 9.10. The van der Waals surface area contributed by atoms with Crippen molar-refractivity contribution in [2.24, 2.45) is 7.05 Å². The Balaban J connectivity index is 1.89. The Morgan fingerprint density at radius 1 is 1.24 bits per heavy atom. The van der Waals surface area contributed by atoms with Crippen LogP contribution < -0.4 is 4.74 Å². The predicted molar refractivity (Wildman–Crippen MR) is 85.6 cm³/mol. The molecule has 0 fully saturated rings. The Morgan fingerprint density at radius 3 is 2.52 bits per heavy atom. The van der Waals surface area contributed by atoms with Crippen molar-refractivity contribution in [2.45, 2.75) is 13.5 Å². The fraction of sp³-hybridized carbons (Fsp3) is 0.188. The van der Waals surface area contributed by atoms with E-state index in [4.69, 9.17) is 4.74 Å². The number of benzene rings is 2. The highest BCUT2D eigenvalue weighted by atomic mass is 79.9. The number of hydrogen-bond donors (Lipinski definition) is 1. The molecular formula is C16H15BrN2O2. The Bertz CT molecular complexity index is 811. The molecule has 0 aliphatic carbocycles. The molecule has 3 rings (SSSR count). The molecular weight excluding hydrogens is 332 g/mol. The second-order valence-corrected chi connectivity index (χ2v) is 5.72. The minimum atomic E-state index is 0.142. The van der Waals surface area contributed by atoms with E-state index < -0.39 is 0 Å². The first kappa shape index (κ1) is 13.9. The molecule has 0 spiro atoms. The van der Waals surface area contributed by atoms with Gasteiger partial charge >= 0.3 is 0 Å². The van der Waals surface area contributed by atoms with E-state index in [0.717, 1.165) is 26.6 Å². The average Bonchev–Trinajstić information content (AvgIpc) is 2.70. The quantitative estimate of drug-likeness (QED) is 0.781. The van der Waals surface area contributed by atoms with Gasteiger partial charge in [-0.3, -0.25) is 4.68 Å². The van der Waals surface area contributed by atoms with Crippen molar-refractivity contribution in [3.63, 3.8) is 0 Å². The van der Waals surface area contributed by atoms with Gasteiger partial charge in [0.2, 0.25) is 0 Å². The zero-order valence-electron chi connectivity index (χ0n) is 11.8. The Kier molecular flexibility index (Phi) is 3.59. The number of halogens is 1. The maximum absolute atomic E-state index is 10.1. The summed E-state index contributed by atoms with van der Waals surface area (Å²) in [6.07, 6.45) is 0. The molecule has 0 amide bonds. The lowest BCUT2D eigenvalue weighted by Gasteiger charge is -2.10. The van der Waals surface area contributed by atoms with E-state index in [1.807, 2.05) is 44.3 Å². The van der Waals surface area contributed by atoms with Gasteiger partial charge in [0.1, 0.15) is 6.61 Å². The SMILES string of the molecule is Cc1nn(C)c(COc2cc3ccccc3cc2O)c1Br. The van der Waals surface area contributed by atoms with Crippen molar-refractivity contribution >= 4 is 26.7 Å². The smallest absolute Gasteiger partial charge is 0.162 e. The zero-order chi connectivity index (χ0) is 15.0. The fourth-order valence-corrected chi connectivity index (χ4v) is 2.76. The standard InChI is InChI=1S/C16H15BrN2O2/c1-10-16(17)13(19(2)18-10)9-21-15-8-12-6-4-3-5-11(12)7-14(15)20/h3-8,20H,9H2,1-2H3.